The number of ether oxygens (including phenoxy) is 1. The van der Waals surface area contributed by atoms with Gasteiger partial charge >= 0.3 is 12.3 Å². The van der Waals surface area contributed by atoms with Crippen LogP contribution in [0.1, 0.15) is 0 Å². The predicted molar refractivity (Wildman–Crippen MR) is 40.2 cm³/mol. The topological polar surface area (TPSA) is 29.5 Å². The maximum absolute atomic E-state index is 11.5. The number of likely N-dealkylation sites (N-methyl/N-ethyl adjacent to an activating group) is 1. The van der Waals surface area contributed by atoms with E-state index in [4.69, 9.17) is 0 Å². The van der Waals surface area contributed by atoms with Crippen LogP contribution in [0, 0.1) is 0 Å². The highest BCUT2D eigenvalue weighted by Crippen LogP contribution is 2.14. The molecule has 13 heavy (non-hydrogen) atoms. The van der Waals surface area contributed by atoms with Crippen molar-refractivity contribution in [2.24, 2.45) is 0 Å². The van der Waals surface area contributed by atoms with Crippen LogP contribution in [0.2, 0.25) is 0 Å². The summed E-state index contributed by atoms with van der Waals surface area (Å²) in [6.07, 6.45) is -4.11. The van der Waals surface area contributed by atoms with Gasteiger partial charge in [-0.3, -0.25) is 0 Å². The lowest BCUT2D eigenvalue weighted by Crippen LogP contribution is -2.31. The molecule has 0 aromatic heterocycles. The molecular formula is C7H10F3NO2. The zero-order valence-electron chi connectivity index (χ0n) is 7.10. The summed E-state index contributed by atoms with van der Waals surface area (Å²) >= 11 is 0. The lowest BCUT2D eigenvalue weighted by Gasteiger charge is -2.15. The normalized spacial score (nSPS) is 10.8. The maximum atomic E-state index is 11.5. The molecule has 0 rings (SSSR count). The SMILES string of the molecule is C=CCN(C)C(=O)OCC(F)(F)F. The van der Waals surface area contributed by atoms with Gasteiger partial charge in [0.2, 0.25) is 0 Å². The molecule has 0 aromatic carbocycles. The highest BCUT2D eigenvalue weighted by atomic mass is 19.4. The van der Waals surface area contributed by atoms with Crippen molar-refractivity contribution in [3.63, 3.8) is 0 Å². The Morgan fingerprint density at radius 2 is 2.15 bits per heavy atom. The van der Waals surface area contributed by atoms with Gasteiger partial charge in [0, 0.05) is 13.6 Å². The Labute approximate surface area is 73.8 Å². The van der Waals surface area contributed by atoms with Crippen molar-refractivity contribution < 1.29 is 22.7 Å². The molecule has 0 aromatic rings. The minimum Gasteiger partial charge on any atom is -0.440 e. The van der Waals surface area contributed by atoms with Crippen molar-refractivity contribution in [2.75, 3.05) is 20.2 Å². The second kappa shape index (κ2) is 4.74. The maximum Gasteiger partial charge on any atom is 0.422 e. The van der Waals surface area contributed by atoms with Gasteiger partial charge in [-0.05, 0) is 0 Å². The summed E-state index contributed by atoms with van der Waals surface area (Å²) in [6, 6.07) is 0. The van der Waals surface area contributed by atoms with Crippen molar-refractivity contribution in [3.8, 4) is 0 Å². The van der Waals surface area contributed by atoms with Crippen molar-refractivity contribution in [2.45, 2.75) is 6.18 Å². The first-order chi connectivity index (χ1) is 5.87. The standard InChI is InChI=1S/C7H10F3NO2/c1-3-4-11(2)6(12)13-5-7(8,9)10/h3H,1,4-5H2,2H3. The molecule has 0 aliphatic carbocycles. The van der Waals surface area contributed by atoms with E-state index in [1.54, 1.807) is 0 Å². The van der Waals surface area contributed by atoms with E-state index < -0.39 is 18.9 Å². The van der Waals surface area contributed by atoms with Gasteiger partial charge in [-0.15, -0.1) is 6.58 Å². The van der Waals surface area contributed by atoms with Gasteiger partial charge in [0.05, 0.1) is 0 Å². The van der Waals surface area contributed by atoms with Crippen LogP contribution >= 0.6 is 0 Å². The summed E-state index contributed by atoms with van der Waals surface area (Å²) < 4.78 is 38.6. The minimum absolute atomic E-state index is 0.149. The summed E-state index contributed by atoms with van der Waals surface area (Å²) in [5.41, 5.74) is 0. The fourth-order valence-electron chi connectivity index (χ4n) is 0.522. The van der Waals surface area contributed by atoms with Gasteiger partial charge in [0.15, 0.2) is 6.61 Å². The van der Waals surface area contributed by atoms with Crippen LogP contribution in [0.25, 0.3) is 0 Å². The smallest absolute Gasteiger partial charge is 0.422 e. The summed E-state index contributed by atoms with van der Waals surface area (Å²) in [7, 11) is 1.32. The summed E-state index contributed by atoms with van der Waals surface area (Å²) in [5, 5.41) is 0. The number of carbonyl (C=O) groups is 1. The molecule has 0 unspecified atom stereocenters. The molecule has 0 atom stereocenters. The number of hydrogen-bond acceptors (Lipinski definition) is 2. The molecule has 1 amide bonds. The van der Waals surface area contributed by atoms with Gasteiger partial charge in [-0.2, -0.15) is 13.2 Å². The third-order valence-electron chi connectivity index (χ3n) is 1.07. The van der Waals surface area contributed by atoms with Crippen LogP contribution in [-0.4, -0.2) is 37.4 Å². The van der Waals surface area contributed by atoms with Gasteiger partial charge in [0.1, 0.15) is 0 Å². The highest BCUT2D eigenvalue weighted by Gasteiger charge is 2.30. The molecule has 3 nitrogen and oxygen atoms in total. The third-order valence-corrected chi connectivity index (χ3v) is 1.07. The van der Waals surface area contributed by atoms with Crippen LogP contribution in [0.4, 0.5) is 18.0 Å². The first kappa shape index (κ1) is 11.8. The third kappa shape index (κ3) is 6.01. The number of nitrogens with zero attached hydrogens (tertiary/aromatic N) is 1. The first-order valence-electron chi connectivity index (χ1n) is 3.42. The molecule has 0 heterocycles. The van der Waals surface area contributed by atoms with Crippen LogP contribution in [0.15, 0.2) is 12.7 Å². The number of alkyl halides is 3. The van der Waals surface area contributed by atoms with E-state index in [9.17, 15) is 18.0 Å². The number of carbonyl (C=O) groups excluding carboxylic acids is 1. The highest BCUT2D eigenvalue weighted by molar-refractivity contribution is 5.67. The molecule has 0 N–H and O–H groups in total. The van der Waals surface area contributed by atoms with Crippen LogP contribution in [0.3, 0.4) is 0 Å². The average molecular weight is 197 g/mol. The summed E-state index contributed by atoms with van der Waals surface area (Å²) in [6.45, 7) is 1.91. The molecule has 0 saturated heterocycles. The van der Waals surface area contributed by atoms with Crippen LogP contribution in [0.5, 0.6) is 0 Å². The van der Waals surface area contributed by atoms with Crippen molar-refractivity contribution in [1.29, 1.82) is 0 Å². The Morgan fingerprint density at radius 1 is 1.62 bits per heavy atom. The zero-order valence-corrected chi connectivity index (χ0v) is 7.10. The van der Waals surface area contributed by atoms with E-state index in [1.807, 2.05) is 0 Å². The summed E-state index contributed by atoms with van der Waals surface area (Å²) in [4.78, 5) is 11.7. The van der Waals surface area contributed by atoms with E-state index >= 15 is 0 Å². The number of halogens is 3. The number of hydrogen-bond donors (Lipinski definition) is 0. The first-order valence-corrected chi connectivity index (χ1v) is 3.42. The molecule has 0 aliphatic heterocycles. The van der Waals surface area contributed by atoms with Gasteiger partial charge in [-0.1, -0.05) is 6.08 Å². The van der Waals surface area contributed by atoms with E-state index in [0.29, 0.717) is 0 Å². The average Bonchev–Trinajstić information content (AvgIpc) is 1.99. The fourth-order valence-corrected chi connectivity index (χ4v) is 0.522. The van der Waals surface area contributed by atoms with Gasteiger partial charge in [0.25, 0.3) is 0 Å². The molecule has 6 heteroatoms. The second-order valence-electron chi connectivity index (χ2n) is 2.34. The lowest BCUT2D eigenvalue weighted by molar-refractivity contribution is -0.162. The predicted octanol–water partition coefficient (Wildman–Crippen LogP) is 1.80. The Kier molecular flexibility index (Phi) is 4.30. The molecule has 0 aliphatic rings. The van der Waals surface area contributed by atoms with E-state index in [-0.39, 0.29) is 6.54 Å². The molecule has 76 valence electrons. The van der Waals surface area contributed by atoms with Crippen molar-refractivity contribution >= 4 is 6.09 Å². The number of amides is 1. The minimum atomic E-state index is -4.48. The Balaban J connectivity index is 3.81. The quantitative estimate of drug-likeness (QED) is 0.645. The van der Waals surface area contributed by atoms with Crippen LogP contribution in [-0.2, 0) is 4.74 Å². The van der Waals surface area contributed by atoms with Crippen molar-refractivity contribution in [1.82, 2.24) is 4.90 Å². The Morgan fingerprint density at radius 3 is 2.54 bits per heavy atom. The molecule has 0 bridgehead atoms. The molecule has 0 radical (unpaired) electrons. The molecule has 0 saturated carbocycles. The fraction of sp³-hybridized carbons (Fsp3) is 0.571. The Hall–Kier alpha value is -1.20. The van der Waals surface area contributed by atoms with E-state index in [2.05, 4.69) is 11.3 Å². The summed E-state index contributed by atoms with van der Waals surface area (Å²) in [5.74, 6) is 0. The Bertz CT molecular complexity index is 191. The van der Waals surface area contributed by atoms with Crippen LogP contribution < -0.4 is 0 Å². The van der Waals surface area contributed by atoms with E-state index in [1.165, 1.54) is 13.1 Å². The van der Waals surface area contributed by atoms with E-state index in [0.717, 1.165) is 4.90 Å². The second-order valence-corrected chi connectivity index (χ2v) is 2.34. The van der Waals surface area contributed by atoms with Crippen molar-refractivity contribution in [3.05, 3.63) is 12.7 Å². The monoisotopic (exact) mass is 197 g/mol. The molecule has 0 fully saturated rings. The van der Waals surface area contributed by atoms with Gasteiger partial charge in [-0.25, -0.2) is 4.79 Å². The molecular weight excluding hydrogens is 187 g/mol. The molecule has 0 spiro atoms. The lowest BCUT2D eigenvalue weighted by atomic mass is 10.6. The zero-order chi connectivity index (χ0) is 10.5. The largest absolute Gasteiger partial charge is 0.440 e. The number of rotatable bonds is 3. The van der Waals surface area contributed by atoms with Gasteiger partial charge < -0.3 is 9.64 Å².